The average molecular weight is 268 g/mol. The van der Waals surface area contributed by atoms with Gasteiger partial charge in [-0.05, 0) is 19.8 Å². The van der Waals surface area contributed by atoms with Gasteiger partial charge in [-0.15, -0.1) is 0 Å². The van der Waals surface area contributed by atoms with Crippen molar-refractivity contribution >= 4 is 5.91 Å². The van der Waals surface area contributed by atoms with Crippen LogP contribution in [0.1, 0.15) is 32.0 Å². The summed E-state index contributed by atoms with van der Waals surface area (Å²) in [6.45, 7) is 2.16. The number of aliphatic hydroxyl groups excluding tert-OH is 1. The van der Waals surface area contributed by atoms with Gasteiger partial charge in [0.05, 0.1) is 6.61 Å². The third-order valence-electron chi connectivity index (χ3n) is 3.26. The highest BCUT2D eigenvalue weighted by Gasteiger charge is 2.17. The van der Waals surface area contributed by atoms with E-state index in [4.69, 9.17) is 5.11 Å². The van der Waals surface area contributed by atoms with Gasteiger partial charge in [-0.2, -0.15) is 5.10 Å². The summed E-state index contributed by atoms with van der Waals surface area (Å²) in [5, 5.41) is 15.7. The molecule has 1 unspecified atom stereocenters. The predicted octanol–water partition coefficient (Wildman–Crippen LogP) is -0.732. The summed E-state index contributed by atoms with van der Waals surface area (Å²) in [5.41, 5.74) is -0.219. The van der Waals surface area contributed by atoms with Crippen molar-refractivity contribution in [3.05, 3.63) is 16.3 Å². The van der Waals surface area contributed by atoms with Gasteiger partial charge in [0.25, 0.3) is 0 Å². The van der Waals surface area contributed by atoms with E-state index in [1.165, 1.54) is 4.68 Å². The predicted molar refractivity (Wildman–Crippen MR) is 68.7 cm³/mol. The summed E-state index contributed by atoms with van der Waals surface area (Å²) >= 11 is 0. The summed E-state index contributed by atoms with van der Waals surface area (Å²) in [6, 6.07) is -0.316. The van der Waals surface area contributed by atoms with Crippen molar-refractivity contribution in [3.8, 4) is 0 Å². The maximum atomic E-state index is 12.1. The Kier molecular flexibility index (Phi) is 4.36. The van der Waals surface area contributed by atoms with Crippen molar-refractivity contribution in [2.75, 3.05) is 6.61 Å². The normalized spacial score (nSPS) is 16.5. The van der Waals surface area contributed by atoms with E-state index in [9.17, 15) is 9.59 Å². The molecule has 1 aromatic rings. The second-order valence-electron chi connectivity index (χ2n) is 4.97. The number of hydrogen-bond donors (Lipinski definition) is 2. The second-order valence-corrected chi connectivity index (χ2v) is 4.97. The molecule has 2 rings (SSSR count). The molecule has 0 fully saturated rings. The van der Waals surface area contributed by atoms with Crippen LogP contribution in [-0.2, 0) is 24.3 Å². The van der Waals surface area contributed by atoms with Crippen LogP contribution in [0, 0.1) is 0 Å². The van der Waals surface area contributed by atoms with Gasteiger partial charge >= 0.3 is 5.69 Å². The fourth-order valence-corrected chi connectivity index (χ4v) is 2.23. The standard InChI is InChI=1S/C12H20N4O3/c1-9(8-17)13-11(18)7-16-12(19)15-6-4-2-3-5-10(15)14-16/h9,17H,2-8H2,1H3,(H,13,18). The molecule has 1 aliphatic heterocycles. The summed E-state index contributed by atoms with van der Waals surface area (Å²) in [5.74, 6) is 0.461. The molecule has 0 spiro atoms. The van der Waals surface area contributed by atoms with E-state index < -0.39 is 0 Å². The van der Waals surface area contributed by atoms with Crippen LogP contribution in [0.4, 0.5) is 0 Å². The van der Waals surface area contributed by atoms with Crippen molar-refractivity contribution in [3.63, 3.8) is 0 Å². The van der Waals surface area contributed by atoms with Gasteiger partial charge < -0.3 is 10.4 Å². The molecule has 1 aromatic heterocycles. The number of aryl methyl sites for hydroxylation is 1. The lowest BCUT2D eigenvalue weighted by atomic mass is 10.2. The van der Waals surface area contributed by atoms with Gasteiger partial charge in [-0.25, -0.2) is 9.48 Å². The van der Waals surface area contributed by atoms with Crippen LogP contribution in [0.2, 0.25) is 0 Å². The highest BCUT2D eigenvalue weighted by Crippen LogP contribution is 2.10. The van der Waals surface area contributed by atoms with Crippen molar-refractivity contribution in [1.82, 2.24) is 19.7 Å². The number of hydrogen-bond acceptors (Lipinski definition) is 4. The molecule has 0 radical (unpaired) electrons. The van der Waals surface area contributed by atoms with E-state index in [-0.39, 0.29) is 30.8 Å². The molecule has 7 heteroatoms. The van der Waals surface area contributed by atoms with Gasteiger partial charge in [0, 0.05) is 19.0 Å². The Hall–Kier alpha value is -1.63. The number of amides is 1. The minimum Gasteiger partial charge on any atom is -0.394 e. The number of fused-ring (bicyclic) bond motifs is 1. The van der Waals surface area contributed by atoms with Crippen LogP contribution >= 0.6 is 0 Å². The highest BCUT2D eigenvalue weighted by molar-refractivity contribution is 5.75. The zero-order valence-corrected chi connectivity index (χ0v) is 11.1. The molecule has 7 nitrogen and oxygen atoms in total. The first-order chi connectivity index (χ1) is 9.11. The monoisotopic (exact) mass is 268 g/mol. The molecule has 0 saturated carbocycles. The molecule has 0 aromatic carbocycles. The largest absolute Gasteiger partial charge is 0.394 e. The zero-order valence-electron chi connectivity index (χ0n) is 11.1. The molecule has 0 bridgehead atoms. The van der Waals surface area contributed by atoms with Gasteiger partial charge in [0.15, 0.2) is 0 Å². The fourth-order valence-electron chi connectivity index (χ4n) is 2.23. The van der Waals surface area contributed by atoms with Crippen LogP contribution in [0.25, 0.3) is 0 Å². The lowest BCUT2D eigenvalue weighted by molar-refractivity contribution is -0.122. The van der Waals surface area contributed by atoms with Gasteiger partial charge in [-0.3, -0.25) is 9.36 Å². The van der Waals surface area contributed by atoms with Crippen molar-refractivity contribution in [2.45, 2.75) is 51.7 Å². The number of carbonyl (C=O) groups excluding carboxylic acids is 1. The number of rotatable bonds is 4. The number of carbonyl (C=O) groups is 1. The molecule has 2 heterocycles. The minimum atomic E-state index is -0.316. The first-order valence-corrected chi connectivity index (χ1v) is 6.68. The Morgan fingerprint density at radius 1 is 1.47 bits per heavy atom. The van der Waals surface area contributed by atoms with E-state index in [0.717, 1.165) is 31.5 Å². The maximum Gasteiger partial charge on any atom is 0.346 e. The maximum absolute atomic E-state index is 12.1. The zero-order chi connectivity index (χ0) is 13.8. The van der Waals surface area contributed by atoms with Gasteiger partial charge in [0.2, 0.25) is 5.91 Å². The quantitative estimate of drug-likeness (QED) is 0.753. The first-order valence-electron chi connectivity index (χ1n) is 6.68. The first kappa shape index (κ1) is 13.8. The van der Waals surface area contributed by atoms with Crippen LogP contribution in [0.3, 0.4) is 0 Å². The number of aliphatic hydroxyl groups is 1. The third-order valence-corrected chi connectivity index (χ3v) is 3.26. The molecule has 0 aliphatic carbocycles. The molecule has 1 aliphatic rings. The fraction of sp³-hybridized carbons (Fsp3) is 0.750. The molecular weight excluding hydrogens is 248 g/mol. The van der Waals surface area contributed by atoms with Crippen LogP contribution < -0.4 is 11.0 Å². The molecule has 1 atom stereocenters. The van der Waals surface area contributed by atoms with Crippen LogP contribution in [-0.4, -0.2) is 38.0 Å². The Balaban J connectivity index is 2.09. The van der Waals surface area contributed by atoms with E-state index in [1.807, 2.05) is 0 Å². The van der Waals surface area contributed by atoms with E-state index in [2.05, 4.69) is 10.4 Å². The molecule has 2 N–H and O–H groups in total. The summed E-state index contributed by atoms with van der Waals surface area (Å²) < 4.78 is 2.87. The molecule has 1 amide bonds. The molecular formula is C12H20N4O3. The van der Waals surface area contributed by atoms with E-state index in [0.29, 0.717) is 6.54 Å². The summed E-state index contributed by atoms with van der Waals surface area (Å²) in [7, 11) is 0. The lowest BCUT2D eigenvalue weighted by Crippen LogP contribution is -2.39. The van der Waals surface area contributed by atoms with Crippen molar-refractivity contribution in [1.29, 1.82) is 0 Å². The topological polar surface area (TPSA) is 89.2 Å². The Morgan fingerprint density at radius 2 is 2.26 bits per heavy atom. The molecule has 106 valence electrons. The number of aromatic nitrogens is 3. The lowest BCUT2D eigenvalue weighted by Gasteiger charge is -2.09. The third kappa shape index (κ3) is 3.23. The molecule has 19 heavy (non-hydrogen) atoms. The Labute approximate surface area is 111 Å². The summed E-state index contributed by atoms with van der Waals surface area (Å²) in [4.78, 5) is 23.8. The second kappa shape index (κ2) is 6.01. The Morgan fingerprint density at radius 3 is 3.00 bits per heavy atom. The van der Waals surface area contributed by atoms with Gasteiger partial charge in [0.1, 0.15) is 12.4 Å². The van der Waals surface area contributed by atoms with Crippen molar-refractivity contribution < 1.29 is 9.90 Å². The summed E-state index contributed by atoms with van der Waals surface area (Å²) in [6.07, 6.45) is 3.91. The van der Waals surface area contributed by atoms with E-state index >= 15 is 0 Å². The Bertz CT molecular complexity index is 506. The van der Waals surface area contributed by atoms with Gasteiger partial charge in [-0.1, -0.05) is 6.42 Å². The van der Waals surface area contributed by atoms with Crippen LogP contribution in [0.5, 0.6) is 0 Å². The smallest absolute Gasteiger partial charge is 0.346 e. The number of nitrogens with zero attached hydrogens (tertiary/aromatic N) is 3. The van der Waals surface area contributed by atoms with Crippen LogP contribution in [0.15, 0.2) is 4.79 Å². The van der Waals surface area contributed by atoms with E-state index in [1.54, 1.807) is 11.5 Å². The van der Waals surface area contributed by atoms with Crippen molar-refractivity contribution in [2.24, 2.45) is 0 Å². The SMILES string of the molecule is CC(CO)NC(=O)Cn1nc2n(c1=O)CCCCC2. The number of nitrogens with one attached hydrogen (secondary N) is 1. The minimum absolute atomic E-state index is 0.0941. The highest BCUT2D eigenvalue weighted by atomic mass is 16.3. The molecule has 0 saturated heterocycles. The average Bonchev–Trinajstić information content (AvgIpc) is 2.57.